The maximum Gasteiger partial charge on any atom is 0.122 e. The first-order valence-electron chi connectivity index (χ1n) is 9.43. The van der Waals surface area contributed by atoms with Crippen molar-refractivity contribution in [2.45, 2.75) is 85.5 Å². The van der Waals surface area contributed by atoms with Gasteiger partial charge in [-0.05, 0) is 55.2 Å². The van der Waals surface area contributed by atoms with Crippen LogP contribution in [0.1, 0.15) is 83.8 Å². The summed E-state index contributed by atoms with van der Waals surface area (Å²) in [7, 11) is 0. The molecule has 0 bridgehead atoms. The Morgan fingerprint density at radius 2 is 1.22 bits per heavy atom. The summed E-state index contributed by atoms with van der Waals surface area (Å²) in [6.45, 7) is 8.97. The third-order valence-corrected chi connectivity index (χ3v) is 4.47. The Labute approximate surface area is 142 Å². The van der Waals surface area contributed by atoms with Gasteiger partial charge in [0.05, 0.1) is 0 Å². The minimum Gasteiger partial charge on any atom is -0.508 e. The highest BCUT2D eigenvalue weighted by molar-refractivity contribution is 5.46. The molecule has 2 N–H and O–H groups in total. The summed E-state index contributed by atoms with van der Waals surface area (Å²) in [5.41, 5.74) is 1.77. The number of aromatic hydroxyl groups is 2. The zero-order chi connectivity index (χ0) is 17.2. The molecule has 0 fully saturated rings. The van der Waals surface area contributed by atoms with Crippen molar-refractivity contribution < 1.29 is 10.2 Å². The van der Waals surface area contributed by atoms with Gasteiger partial charge in [-0.3, -0.25) is 0 Å². The molecule has 0 aliphatic carbocycles. The zero-order valence-electron chi connectivity index (χ0n) is 15.6. The van der Waals surface area contributed by atoms with E-state index < -0.39 is 0 Å². The van der Waals surface area contributed by atoms with Gasteiger partial charge >= 0.3 is 0 Å². The summed E-state index contributed by atoms with van der Waals surface area (Å²) in [6.07, 6.45) is 10.00. The summed E-state index contributed by atoms with van der Waals surface area (Å²) in [6, 6.07) is 3.68. The van der Waals surface area contributed by atoms with Crippen molar-refractivity contribution >= 4 is 0 Å². The Morgan fingerprint density at radius 1 is 0.696 bits per heavy atom. The maximum absolute atomic E-state index is 10.2. The van der Waals surface area contributed by atoms with E-state index >= 15 is 0 Å². The predicted octanol–water partition coefficient (Wildman–Crippen LogP) is 6.23. The fourth-order valence-electron chi connectivity index (χ4n) is 3.02. The average Bonchev–Trinajstić information content (AvgIpc) is 2.44. The molecule has 1 aromatic rings. The standard InChI is InChI=1S/C21H36O2/c1-16(2)10-7-5-6-8-13-19-20(22)14-18(15-21(19)23)12-9-11-17(3)4/h14-17,22-23H,5-13H2,1-4H3. The highest BCUT2D eigenvalue weighted by Gasteiger charge is 2.10. The van der Waals surface area contributed by atoms with Crippen molar-refractivity contribution in [3.05, 3.63) is 23.3 Å². The molecule has 1 aromatic carbocycles. The molecule has 0 unspecified atom stereocenters. The van der Waals surface area contributed by atoms with Crippen LogP contribution in [0.4, 0.5) is 0 Å². The smallest absolute Gasteiger partial charge is 0.122 e. The Balaban J connectivity index is 2.41. The van der Waals surface area contributed by atoms with E-state index in [1.54, 1.807) is 0 Å². The van der Waals surface area contributed by atoms with Crippen molar-refractivity contribution in [1.29, 1.82) is 0 Å². The van der Waals surface area contributed by atoms with Gasteiger partial charge in [0.15, 0.2) is 0 Å². The molecule has 0 amide bonds. The Morgan fingerprint density at radius 3 is 1.78 bits per heavy atom. The second-order valence-electron chi connectivity index (χ2n) is 7.75. The number of phenolic OH excluding ortho intramolecular Hbond substituents is 2. The first kappa shape index (κ1) is 19.9. The van der Waals surface area contributed by atoms with E-state index in [2.05, 4.69) is 27.7 Å². The topological polar surface area (TPSA) is 40.5 Å². The Bertz CT molecular complexity index is 426. The molecule has 0 radical (unpaired) electrons. The van der Waals surface area contributed by atoms with Crippen LogP contribution in [0.2, 0.25) is 0 Å². The van der Waals surface area contributed by atoms with Gasteiger partial charge in [0.1, 0.15) is 11.5 Å². The molecular weight excluding hydrogens is 284 g/mol. The van der Waals surface area contributed by atoms with E-state index in [0.29, 0.717) is 5.92 Å². The molecule has 0 saturated carbocycles. The van der Waals surface area contributed by atoms with Crippen LogP contribution in [0.25, 0.3) is 0 Å². The lowest BCUT2D eigenvalue weighted by Crippen LogP contribution is -1.94. The summed E-state index contributed by atoms with van der Waals surface area (Å²) in [4.78, 5) is 0. The molecule has 2 nitrogen and oxygen atoms in total. The van der Waals surface area contributed by atoms with E-state index in [-0.39, 0.29) is 11.5 Å². The molecule has 23 heavy (non-hydrogen) atoms. The van der Waals surface area contributed by atoms with Gasteiger partial charge in [0.2, 0.25) is 0 Å². The van der Waals surface area contributed by atoms with Crippen LogP contribution in [-0.4, -0.2) is 10.2 Å². The van der Waals surface area contributed by atoms with Crippen LogP contribution in [0, 0.1) is 11.8 Å². The lowest BCUT2D eigenvalue weighted by molar-refractivity contribution is 0.433. The summed E-state index contributed by atoms with van der Waals surface area (Å²) in [5.74, 6) is 2.02. The van der Waals surface area contributed by atoms with Gasteiger partial charge in [-0.25, -0.2) is 0 Å². The Hall–Kier alpha value is -1.18. The van der Waals surface area contributed by atoms with Crippen LogP contribution in [0.5, 0.6) is 11.5 Å². The number of benzene rings is 1. The van der Waals surface area contributed by atoms with E-state index in [4.69, 9.17) is 0 Å². The molecule has 1 rings (SSSR count). The summed E-state index contributed by atoms with van der Waals surface area (Å²) < 4.78 is 0. The number of hydrogen-bond acceptors (Lipinski definition) is 2. The minimum absolute atomic E-state index is 0.270. The van der Waals surface area contributed by atoms with Gasteiger partial charge in [-0.2, -0.15) is 0 Å². The van der Waals surface area contributed by atoms with Crippen molar-refractivity contribution in [1.82, 2.24) is 0 Å². The quantitative estimate of drug-likeness (QED) is 0.475. The summed E-state index contributed by atoms with van der Waals surface area (Å²) >= 11 is 0. The predicted molar refractivity (Wildman–Crippen MR) is 99.2 cm³/mol. The van der Waals surface area contributed by atoms with Crippen LogP contribution in [0.15, 0.2) is 12.1 Å². The van der Waals surface area contributed by atoms with Gasteiger partial charge in [-0.15, -0.1) is 0 Å². The second-order valence-corrected chi connectivity index (χ2v) is 7.75. The highest BCUT2D eigenvalue weighted by Crippen LogP contribution is 2.31. The number of unbranched alkanes of at least 4 members (excludes halogenated alkanes) is 3. The molecular formula is C21H36O2. The molecule has 0 aliphatic rings. The van der Waals surface area contributed by atoms with Crippen LogP contribution in [0.3, 0.4) is 0 Å². The molecule has 0 aromatic heterocycles. The van der Waals surface area contributed by atoms with Gasteiger partial charge in [0.25, 0.3) is 0 Å². The number of aryl methyl sites for hydroxylation is 1. The van der Waals surface area contributed by atoms with Crippen molar-refractivity contribution in [2.75, 3.05) is 0 Å². The van der Waals surface area contributed by atoms with Crippen LogP contribution >= 0.6 is 0 Å². The first-order valence-corrected chi connectivity index (χ1v) is 9.43. The lowest BCUT2D eigenvalue weighted by Gasteiger charge is -2.11. The molecule has 0 heterocycles. The third-order valence-electron chi connectivity index (χ3n) is 4.47. The van der Waals surface area contributed by atoms with E-state index in [1.807, 2.05) is 12.1 Å². The molecule has 0 saturated heterocycles. The third kappa shape index (κ3) is 8.29. The fraction of sp³-hybridized carbons (Fsp3) is 0.714. The lowest BCUT2D eigenvalue weighted by atomic mass is 9.98. The number of hydrogen-bond donors (Lipinski definition) is 2. The number of rotatable bonds is 11. The van der Waals surface area contributed by atoms with Crippen molar-refractivity contribution in [2.24, 2.45) is 11.8 Å². The maximum atomic E-state index is 10.2. The van der Waals surface area contributed by atoms with E-state index in [9.17, 15) is 10.2 Å². The fourth-order valence-corrected chi connectivity index (χ4v) is 3.02. The highest BCUT2D eigenvalue weighted by atomic mass is 16.3. The van der Waals surface area contributed by atoms with E-state index in [1.165, 1.54) is 32.1 Å². The second kappa shape index (κ2) is 10.6. The van der Waals surface area contributed by atoms with Crippen molar-refractivity contribution in [3.63, 3.8) is 0 Å². The number of phenols is 2. The largest absolute Gasteiger partial charge is 0.508 e. The normalized spacial score (nSPS) is 11.6. The van der Waals surface area contributed by atoms with Gasteiger partial charge < -0.3 is 10.2 Å². The SMILES string of the molecule is CC(C)CCCCCCc1c(O)cc(CCCC(C)C)cc1O. The van der Waals surface area contributed by atoms with Crippen LogP contribution in [-0.2, 0) is 12.8 Å². The minimum atomic E-state index is 0.270. The first-order chi connectivity index (χ1) is 10.9. The van der Waals surface area contributed by atoms with Crippen LogP contribution < -0.4 is 0 Å². The Kier molecular flexibility index (Phi) is 9.13. The molecule has 132 valence electrons. The molecule has 2 heteroatoms. The van der Waals surface area contributed by atoms with E-state index in [0.717, 1.165) is 42.7 Å². The monoisotopic (exact) mass is 320 g/mol. The summed E-state index contributed by atoms with van der Waals surface area (Å²) in [5, 5.41) is 20.4. The molecule has 0 atom stereocenters. The van der Waals surface area contributed by atoms with Crippen molar-refractivity contribution in [3.8, 4) is 11.5 Å². The molecule has 0 spiro atoms. The van der Waals surface area contributed by atoms with Gasteiger partial charge in [-0.1, -0.05) is 59.8 Å². The molecule has 0 aliphatic heterocycles. The zero-order valence-corrected chi connectivity index (χ0v) is 15.6. The average molecular weight is 321 g/mol. The van der Waals surface area contributed by atoms with Gasteiger partial charge in [0, 0.05) is 5.56 Å².